The van der Waals surface area contributed by atoms with Crippen LogP contribution in [0.25, 0.3) is 0 Å². The number of cyclic esters (lactones) is 1. The number of phenols is 1. The number of carbonyl (C=O) groups excluding carboxylic acids is 2. The largest absolute Gasteiger partial charge is 0.507 e. The second-order valence-corrected chi connectivity index (χ2v) is 8.60. The molecule has 0 spiro atoms. The monoisotopic (exact) mass is 465 g/mol. The summed E-state index contributed by atoms with van der Waals surface area (Å²) in [6.07, 6.45) is 0.0453. The Labute approximate surface area is 190 Å². The first-order valence-electron chi connectivity index (χ1n) is 10.6. The second kappa shape index (κ2) is 9.95. The Hall–Kier alpha value is -2.87. The molecule has 1 aromatic carbocycles. The highest BCUT2D eigenvalue weighted by Gasteiger charge is 2.40. The van der Waals surface area contributed by atoms with Crippen LogP contribution in [-0.4, -0.2) is 94.1 Å². The molecule has 0 aliphatic carbocycles. The second-order valence-electron chi connectivity index (χ2n) is 8.60. The van der Waals surface area contributed by atoms with Crippen LogP contribution in [0.15, 0.2) is 12.1 Å². The van der Waals surface area contributed by atoms with Gasteiger partial charge < -0.3 is 40.8 Å². The van der Waals surface area contributed by atoms with E-state index < -0.39 is 47.9 Å². The molecule has 2 fully saturated rings. The third-order valence-corrected chi connectivity index (χ3v) is 5.64. The van der Waals surface area contributed by atoms with Crippen LogP contribution in [0.2, 0.25) is 6.32 Å². The number of nitrogens with zero attached hydrogens (tertiary/aromatic N) is 1. The predicted octanol–water partition coefficient (Wildman–Crippen LogP) is -1.68. The van der Waals surface area contributed by atoms with Crippen molar-refractivity contribution >= 4 is 25.0 Å². The number of nitrogens with one attached hydrogen (secondary N) is 1. The van der Waals surface area contributed by atoms with Crippen LogP contribution in [-0.2, 0) is 20.7 Å². The van der Waals surface area contributed by atoms with Crippen molar-refractivity contribution in [1.82, 2.24) is 10.2 Å². The summed E-state index contributed by atoms with van der Waals surface area (Å²) in [4.78, 5) is 37.5. The zero-order chi connectivity index (χ0) is 24.3. The topological polar surface area (TPSA) is 192 Å². The first-order valence-corrected chi connectivity index (χ1v) is 10.6. The van der Waals surface area contributed by atoms with Crippen molar-refractivity contribution in [3.63, 3.8) is 0 Å². The molecule has 7 N–H and O–H groups in total. The van der Waals surface area contributed by atoms with Gasteiger partial charge in [-0.3, -0.25) is 9.69 Å². The maximum Gasteiger partial charge on any atom is 0.451 e. The Morgan fingerprint density at radius 2 is 2.06 bits per heavy atom. The quantitative estimate of drug-likeness (QED) is 0.171. The number of carboxylic acids is 1. The van der Waals surface area contributed by atoms with Gasteiger partial charge in [-0.25, -0.2) is 9.59 Å². The third-order valence-electron chi connectivity index (χ3n) is 5.64. The van der Waals surface area contributed by atoms with Gasteiger partial charge in [-0.1, -0.05) is 6.07 Å². The van der Waals surface area contributed by atoms with Crippen molar-refractivity contribution in [1.29, 1.82) is 0 Å². The molecule has 1 amide bonds. The minimum Gasteiger partial charge on any atom is -0.507 e. The summed E-state index contributed by atoms with van der Waals surface area (Å²) < 4.78 is 10.6. The highest BCUT2D eigenvalue weighted by molar-refractivity contribution is 6.41. The van der Waals surface area contributed by atoms with Crippen LogP contribution in [0.5, 0.6) is 11.5 Å². The molecule has 33 heavy (non-hydrogen) atoms. The number of ether oxygens (including phenoxy) is 2. The minimum absolute atomic E-state index is 0.00838. The van der Waals surface area contributed by atoms with Crippen LogP contribution in [0.1, 0.15) is 29.3 Å². The normalized spacial score (nSPS) is 20.5. The summed E-state index contributed by atoms with van der Waals surface area (Å²) in [6.45, 7) is 2.77. The maximum atomic E-state index is 12.5. The highest BCUT2D eigenvalue weighted by Crippen LogP contribution is 2.34. The van der Waals surface area contributed by atoms with Crippen LogP contribution in [0.3, 0.4) is 0 Å². The lowest BCUT2D eigenvalue weighted by Crippen LogP contribution is -2.65. The van der Waals surface area contributed by atoms with Crippen molar-refractivity contribution < 1.29 is 44.1 Å². The van der Waals surface area contributed by atoms with Gasteiger partial charge in [-0.15, -0.1) is 0 Å². The van der Waals surface area contributed by atoms with Gasteiger partial charge in [0.25, 0.3) is 0 Å². The Morgan fingerprint density at radius 1 is 1.36 bits per heavy atom. The number of aromatic hydroxyl groups is 1. The van der Waals surface area contributed by atoms with Gasteiger partial charge in [0, 0.05) is 26.1 Å². The summed E-state index contributed by atoms with van der Waals surface area (Å²) in [5.74, 6) is -2.81. The van der Waals surface area contributed by atoms with Gasteiger partial charge in [0.05, 0.1) is 6.61 Å². The smallest absolute Gasteiger partial charge is 0.451 e. The van der Waals surface area contributed by atoms with Gasteiger partial charge in [-0.2, -0.15) is 0 Å². The molecule has 2 saturated heterocycles. The first kappa shape index (κ1) is 24.8. The summed E-state index contributed by atoms with van der Waals surface area (Å²) in [7, 11) is -1.57. The summed E-state index contributed by atoms with van der Waals surface area (Å²) in [6, 6.07) is 2.20. The molecule has 0 saturated carbocycles. The van der Waals surface area contributed by atoms with E-state index in [0.717, 1.165) is 0 Å². The molecule has 0 radical (unpaired) electrons. The lowest BCUT2D eigenvalue weighted by Gasteiger charge is -2.42. The predicted molar refractivity (Wildman–Crippen MR) is 115 cm³/mol. The molecule has 2 aliphatic heterocycles. The molecule has 2 atom stereocenters. The van der Waals surface area contributed by atoms with Crippen LogP contribution >= 0.6 is 0 Å². The number of carboxylic acid groups (broad SMARTS) is 1. The molecule has 2 aliphatic rings. The standard InChI is InChI=1S/C20H28BN3O9/c1-20(22,19(29)23-13-5-7-32-18(13)28)10-24-8-12(9-24)33-14-3-2-11(4-6-21(30)31)16(25)15(14)17(26)27/h2-3,12-13,25,30-31H,4-10,22H2,1H3,(H,23,29)(H,26,27)/t13-,20-/m1/s1. The summed E-state index contributed by atoms with van der Waals surface area (Å²) in [5, 5.41) is 40.4. The van der Waals surface area contributed by atoms with E-state index in [-0.39, 0.29) is 43.3 Å². The number of nitrogens with two attached hydrogens (primary N) is 1. The maximum absolute atomic E-state index is 12.5. The van der Waals surface area contributed by atoms with Crippen LogP contribution < -0.4 is 15.8 Å². The Bertz CT molecular complexity index is 918. The number of amides is 1. The summed E-state index contributed by atoms with van der Waals surface area (Å²) in [5.41, 5.74) is 4.75. The van der Waals surface area contributed by atoms with E-state index in [1.54, 1.807) is 6.92 Å². The zero-order valence-electron chi connectivity index (χ0n) is 18.2. The molecule has 0 bridgehead atoms. The number of aromatic carboxylic acids is 1. The number of hydrogen-bond donors (Lipinski definition) is 6. The number of benzene rings is 1. The Morgan fingerprint density at radius 3 is 2.64 bits per heavy atom. The van der Waals surface area contributed by atoms with E-state index >= 15 is 0 Å². The summed E-state index contributed by atoms with van der Waals surface area (Å²) >= 11 is 0. The van der Waals surface area contributed by atoms with Crippen molar-refractivity contribution in [2.45, 2.75) is 43.8 Å². The molecule has 180 valence electrons. The molecule has 1 aromatic rings. The molecular formula is C20H28BN3O9. The molecule has 12 nitrogen and oxygen atoms in total. The van der Waals surface area contributed by atoms with E-state index in [2.05, 4.69) is 5.32 Å². The van der Waals surface area contributed by atoms with E-state index in [4.69, 9.17) is 25.3 Å². The molecule has 13 heteroatoms. The highest BCUT2D eigenvalue weighted by atomic mass is 16.5. The van der Waals surface area contributed by atoms with E-state index in [1.165, 1.54) is 12.1 Å². The molecular weight excluding hydrogens is 437 g/mol. The zero-order valence-corrected chi connectivity index (χ0v) is 18.2. The SMILES string of the molecule is C[C@@](N)(CN1CC(Oc2ccc(CCB(O)O)c(O)c2C(=O)O)C1)C(=O)N[C@@H]1CCOC1=O. The number of likely N-dealkylation sites (tertiary alicyclic amines) is 1. The van der Waals surface area contributed by atoms with E-state index in [1.807, 2.05) is 4.90 Å². The molecule has 2 heterocycles. The molecule has 3 rings (SSSR count). The Balaban J connectivity index is 1.56. The van der Waals surface area contributed by atoms with Crippen LogP contribution in [0.4, 0.5) is 0 Å². The number of esters is 1. The van der Waals surface area contributed by atoms with Gasteiger partial charge in [0.15, 0.2) is 0 Å². The van der Waals surface area contributed by atoms with Gasteiger partial charge in [-0.05, 0) is 31.3 Å². The van der Waals surface area contributed by atoms with Crippen LogP contribution in [0, 0.1) is 0 Å². The van der Waals surface area contributed by atoms with Gasteiger partial charge in [0.1, 0.15) is 34.7 Å². The fraction of sp³-hybridized carbons (Fsp3) is 0.550. The van der Waals surface area contributed by atoms with Crippen molar-refractivity contribution in [3.8, 4) is 11.5 Å². The van der Waals surface area contributed by atoms with Gasteiger partial charge in [0.2, 0.25) is 5.91 Å². The van der Waals surface area contributed by atoms with E-state index in [9.17, 15) is 24.6 Å². The number of hydrogen-bond acceptors (Lipinski definition) is 10. The first-order chi connectivity index (χ1) is 15.5. The third kappa shape index (κ3) is 5.93. The fourth-order valence-electron chi connectivity index (χ4n) is 3.80. The Kier molecular flexibility index (Phi) is 7.47. The average molecular weight is 465 g/mol. The number of carbonyl (C=O) groups is 3. The average Bonchev–Trinajstić information content (AvgIpc) is 3.09. The lowest BCUT2D eigenvalue weighted by molar-refractivity contribution is -0.142. The van der Waals surface area contributed by atoms with Crippen molar-refractivity contribution in [2.24, 2.45) is 5.73 Å². The minimum atomic E-state index is -1.57. The van der Waals surface area contributed by atoms with Crippen molar-refractivity contribution in [2.75, 3.05) is 26.2 Å². The van der Waals surface area contributed by atoms with Crippen molar-refractivity contribution in [3.05, 3.63) is 23.3 Å². The number of aryl methyl sites for hydroxylation is 1. The molecule has 0 unspecified atom stereocenters. The fourth-order valence-corrected chi connectivity index (χ4v) is 3.80. The number of rotatable bonds is 10. The van der Waals surface area contributed by atoms with E-state index in [0.29, 0.717) is 19.5 Å². The lowest BCUT2D eigenvalue weighted by atomic mass is 9.82. The van der Waals surface area contributed by atoms with Gasteiger partial charge >= 0.3 is 19.1 Å². The molecule has 0 aromatic heterocycles.